The van der Waals surface area contributed by atoms with Crippen molar-refractivity contribution in [3.63, 3.8) is 0 Å². The Labute approximate surface area is 231 Å². The van der Waals surface area contributed by atoms with Gasteiger partial charge in [-0.15, -0.1) is 0 Å². The van der Waals surface area contributed by atoms with Crippen molar-refractivity contribution in [3.05, 3.63) is 48.0 Å². The highest BCUT2D eigenvalue weighted by Crippen LogP contribution is 2.27. The highest BCUT2D eigenvalue weighted by Gasteiger charge is 2.32. The smallest absolute Gasteiger partial charge is 0.414 e. The molecule has 0 N–H and O–H groups in total. The monoisotopic (exact) mass is 539 g/mol. The Hall–Kier alpha value is -3.11. The van der Waals surface area contributed by atoms with Crippen LogP contribution < -0.4 is 20.0 Å². The number of hydrogen-bond donors (Lipinski definition) is 0. The molecule has 210 valence electrons. The summed E-state index contributed by atoms with van der Waals surface area (Å²) < 4.78 is 26.6. The number of Topliss-reactive ketones (excluding diaryl/α,β-unsaturated/α-hetero) is 1. The van der Waals surface area contributed by atoms with Gasteiger partial charge in [-0.1, -0.05) is 12.9 Å². The number of alkyl halides is 1. The lowest BCUT2D eigenvalue weighted by Crippen LogP contribution is -2.46. The Morgan fingerprint density at radius 3 is 2.51 bits per heavy atom. The van der Waals surface area contributed by atoms with Gasteiger partial charge in [0.25, 0.3) is 0 Å². The number of amides is 1. The van der Waals surface area contributed by atoms with E-state index < -0.39 is 0 Å². The standard InChI is InChI=1S/C28H36BN3O5.CH3F/c1-21(33)4-10-26-19-32(28(34)37-26)24-8-6-23(7-9-24)31-15-13-30(14-16-31)12-3-17-35-25-11-5-22-20-36-29(2)27(22)18-25;1-2/h5-9,11,18,26H,3-4,10,12-17,19-20H2,1-2H3;1H3. The summed E-state index contributed by atoms with van der Waals surface area (Å²) in [6.07, 6.45) is 1.46. The van der Waals surface area contributed by atoms with Crippen molar-refractivity contribution >= 4 is 35.6 Å². The van der Waals surface area contributed by atoms with Gasteiger partial charge in [0.05, 0.1) is 26.9 Å². The van der Waals surface area contributed by atoms with Gasteiger partial charge in [-0.25, -0.2) is 4.79 Å². The first-order valence-electron chi connectivity index (χ1n) is 13.8. The van der Waals surface area contributed by atoms with Crippen LogP contribution in [0.1, 0.15) is 31.7 Å². The molecule has 0 aromatic heterocycles. The molecule has 3 aliphatic heterocycles. The highest BCUT2D eigenvalue weighted by atomic mass is 19.1. The predicted octanol–water partition coefficient (Wildman–Crippen LogP) is 3.92. The molecule has 2 fully saturated rings. The zero-order chi connectivity index (χ0) is 27.8. The van der Waals surface area contributed by atoms with Gasteiger partial charge in [-0.05, 0) is 67.2 Å². The number of carbonyl (C=O) groups excluding carboxylic acids is 2. The largest absolute Gasteiger partial charge is 0.494 e. The zero-order valence-corrected chi connectivity index (χ0v) is 23.2. The summed E-state index contributed by atoms with van der Waals surface area (Å²) in [4.78, 5) is 30.1. The van der Waals surface area contributed by atoms with E-state index in [9.17, 15) is 14.0 Å². The van der Waals surface area contributed by atoms with Crippen molar-refractivity contribution in [2.24, 2.45) is 0 Å². The number of hydrogen-bond acceptors (Lipinski definition) is 7. The van der Waals surface area contributed by atoms with Crippen molar-refractivity contribution in [1.82, 2.24) is 4.90 Å². The van der Waals surface area contributed by atoms with Crippen LogP contribution in [0.2, 0.25) is 6.82 Å². The van der Waals surface area contributed by atoms with E-state index in [0.29, 0.717) is 39.8 Å². The highest BCUT2D eigenvalue weighted by molar-refractivity contribution is 6.67. The maximum Gasteiger partial charge on any atom is 0.414 e. The molecule has 0 saturated carbocycles. The fraction of sp³-hybridized carbons (Fsp3) is 0.517. The Bertz CT molecular complexity index is 1110. The zero-order valence-electron chi connectivity index (χ0n) is 23.2. The molecule has 1 atom stereocenters. The Morgan fingerprint density at radius 1 is 1.08 bits per heavy atom. The van der Waals surface area contributed by atoms with Gasteiger partial charge in [-0.2, -0.15) is 0 Å². The SMILES string of the molecule is CB1OCc2ccc(OCCCN3CCN(c4ccc(N5CC(CCC(C)=O)OC5=O)cc4)CC3)cc21.CF. The summed E-state index contributed by atoms with van der Waals surface area (Å²) in [5, 5.41) is 0. The quantitative estimate of drug-likeness (QED) is 0.335. The molecule has 0 radical (unpaired) electrons. The second-order valence-corrected chi connectivity index (χ2v) is 10.2. The third-order valence-corrected chi connectivity index (χ3v) is 7.52. The van der Waals surface area contributed by atoms with E-state index in [0.717, 1.165) is 50.6 Å². The molecule has 5 rings (SSSR count). The van der Waals surface area contributed by atoms with E-state index in [-0.39, 0.29) is 24.9 Å². The normalized spacial score (nSPS) is 18.9. The maximum atomic E-state index is 12.3. The van der Waals surface area contributed by atoms with Crippen LogP contribution in [-0.2, 0) is 20.8 Å². The molecular formula is C29H39BFN3O5. The number of nitrogens with zero attached hydrogens (tertiary/aromatic N) is 3. The average molecular weight is 539 g/mol. The van der Waals surface area contributed by atoms with Crippen molar-refractivity contribution in [2.45, 2.75) is 45.7 Å². The van der Waals surface area contributed by atoms with Gasteiger partial charge in [0, 0.05) is 50.5 Å². The lowest BCUT2D eigenvalue weighted by molar-refractivity contribution is -0.117. The molecule has 2 aromatic rings. The lowest BCUT2D eigenvalue weighted by atomic mass is 9.64. The number of ether oxygens (including phenoxy) is 2. The molecule has 0 bridgehead atoms. The Kier molecular flexibility index (Phi) is 10.2. The van der Waals surface area contributed by atoms with E-state index in [1.54, 1.807) is 11.8 Å². The number of carbonyl (C=O) groups is 2. The van der Waals surface area contributed by atoms with E-state index in [1.165, 1.54) is 16.7 Å². The molecule has 1 unspecified atom stereocenters. The summed E-state index contributed by atoms with van der Waals surface area (Å²) in [7, 11) is 0.500. The van der Waals surface area contributed by atoms with Crippen LogP contribution in [0.3, 0.4) is 0 Å². The summed E-state index contributed by atoms with van der Waals surface area (Å²) >= 11 is 0. The topological polar surface area (TPSA) is 71.6 Å². The molecule has 0 aliphatic carbocycles. The van der Waals surface area contributed by atoms with E-state index in [4.69, 9.17) is 14.1 Å². The van der Waals surface area contributed by atoms with Crippen molar-refractivity contribution in [3.8, 4) is 5.75 Å². The first kappa shape index (κ1) is 28.9. The Morgan fingerprint density at radius 2 is 1.79 bits per heavy atom. The molecule has 10 heteroatoms. The number of rotatable bonds is 10. The van der Waals surface area contributed by atoms with Gasteiger partial charge in [-0.3, -0.25) is 14.2 Å². The third kappa shape index (κ3) is 7.51. The van der Waals surface area contributed by atoms with Crippen LogP contribution in [0.5, 0.6) is 5.75 Å². The van der Waals surface area contributed by atoms with Gasteiger partial charge in [0.1, 0.15) is 17.6 Å². The molecule has 1 amide bonds. The minimum absolute atomic E-state index is 0.118. The molecule has 0 spiro atoms. The second-order valence-electron chi connectivity index (χ2n) is 10.2. The molecule has 3 aliphatic rings. The molecule has 8 nitrogen and oxygen atoms in total. The van der Waals surface area contributed by atoms with Crippen LogP contribution in [-0.4, -0.2) is 82.8 Å². The fourth-order valence-corrected chi connectivity index (χ4v) is 5.28. The first-order chi connectivity index (χ1) is 19.0. The molecule has 3 heterocycles. The van der Waals surface area contributed by atoms with Crippen molar-refractivity contribution in [2.75, 3.05) is 62.9 Å². The number of halogens is 1. The average Bonchev–Trinajstić information content (AvgIpc) is 3.53. The first-order valence-corrected chi connectivity index (χ1v) is 13.8. The molecule has 39 heavy (non-hydrogen) atoms. The molecule has 2 aromatic carbocycles. The third-order valence-electron chi connectivity index (χ3n) is 7.52. The number of benzene rings is 2. The number of fused-ring (bicyclic) bond motifs is 1. The number of anilines is 2. The summed E-state index contributed by atoms with van der Waals surface area (Å²) in [5.74, 6) is 1.05. The van der Waals surface area contributed by atoms with Crippen LogP contribution in [0.15, 0.2) is 42.5 Å². The Balaban J connectivity index is 0.00000172. The fourth-order valence-electron chi connectivity index (χ4n) is 5.28. The number of piperazine rings is 1. The lowest BCUT2D eigenvalue weighted by Gasteiger charge is -2.36. The van der Waals surface area contributed by atoms with E-state index in [1.807, 2.05) is 18.2 Å². The summed E-state index contributed by atoms with van der Waals surface area (Å²) in [6.45, 7) is 10.7. The van der Waals surface area contributed by atoms with E-state index in [2.05, 4.69) is 40.9 Å². The molecular weight excluding hydrogens is 500 g/mol. The van der Waals surface area contributed by atoms with Gasteiger partial charge in [0.2, 0.25) is 0 Å². The van der Waals surface area contributed by atoms with E-state index >= 15 is 0 Å². The predicted molar refractivity (Wildman–Crippen MR) is 152 cm³/mol. The van der Waals surface area contributed by atoms with Crippen molar-refractivity contribution in [1.29, 1.82) is 0 Å². The minimum Gasteiger partial charge on any atom is -0.494 e. The van der Waals surface area contributed by atoms with Crippen LogP contribution in [0.25, 0.3) is 0 Å². The summed E-state index contributed by atoms with van der Waals surface area (Å²) in [5.41, 5.74) is 4.52. The van der Waals surface area contributed by atoms with Crippen LogP contribution in [0, 0.1) is 0 Å². The van der Waals surface area contributed by atoms with Crippen molar-refractivity contribution < 1.29 is 28.1 Å². The minimum atomic E-state index is -0.335. The van der Waals surface area contributed by atoms with Gasteiger partial charge >= 0.3 is 13.0 Å². The van der Waals surface area contributed by atoms with Gasteiger partial charge in [0.15, 0.2) is 0 Å². The molecule has 2 saturated heterocycles. The van der Waals surface area contributed by atoms with Crippen LogP contribution in [0.4, 0.5) is 20.6 Å². The summed E-state index contributed by atoms with van der Waals surface area (Å²) in [6, 6.07) is 14.4. The van der Waals surface area contributed by atoms with Gasteiger partial charge < -0.3 is 23.8 Å². The van der Waals surface area contributed by atoms with Crippen LogP contribution >= 0.6 is 0 Å². The maximum absolute atomic E-state index is 12.3. The number of ketones is 1. The number of cyclic esters (lactones) is 1. The second kappa shape index (κ2) is 13.8.